The minimum Gasteiger partial charge on any atom is -0.352 e. The summed E-state index contributed by atoms with van der Waals surface area (Å²) in [6, 6.07) is 8.84. The monoisotopic (exact) mass is 243 g/mol. The van der Waals surface area contributed by atoms with Crippen molar-refractivity contribution in [2.75, 3.05) is 13.2 Å². The summed E-state index contributed by atoms with van der Waals surface area (Å²) in [4.78, 5) is 11.5. The molecule has 1 aromatic carbocycles. The van der Waals surface area contributed by atoms with Crippen LogP contribution in [0.25, 0.3) is 0 Å². The van der Waals surface area contributed by atoms with Crippen LogP contribution in [-0.4, -0.2) is 27.8 Å². The van der Waals surface area contributed by atoms with Gasteiger partial charge in [-0.3, -0.25) is 13.5 Å². The fraction of sp³-hybridized carbons (Fsp3) is 0.300. The zero-order valence-corrected chi connectivity index (χ0v) is 9.40. The second kappa shape index (κ2) is 7.10. The fourth-order valence-corrected chi connectivity index (χ4v) is 1.36. The third kappa shape index (κ3) is 5.01. The molecule has 0 aromatic heterocycles. The molecule has 16 heavy (non-hydrogen) atoms. The van der Waals surface area contributed by atoms with E-state index in [2.05, 4.69) is 9.50 Å². The average Bonchev–Trinajstić information content (AvgIpc) is 2.29. The van der Waals surface area contributed by atoms with E-state index in [0.29, 0.717) is 18.5 Å². The minimum absolute atomic E-state index is 0.137. The van der Waals surface area contributed by atoms with Crippen LogP contribution in [0.3, 0.4) is 0 Å². The van der Waals surface area contributed by atoms with Gasteiger partial charge in [0, 0.05) is 12.1 Å². The Hall–Kier alpha value is -1.24. The molecule has 0 bridgehead atoms. The van der Waals surface area contributed by atoms with Crippen molar-refractivity contribution in [3.63, 3.8) is 0 Å². The van der Waals surface area contributed by atoms with Gasteiger partial charge in [-0.2, -0.15) is 4.21 Å². The van der Waals surface area contributed by atoms with E-state index in [1.807, 2.05) is 6.07 Å². The lowest BCUT2D eigenvalue weighted by Gasteiger charge is -2.04. The maximum atomic E-state index is 11.5. The summed E-state index contributed by atoms with van der Waals surface area (Å²) in [6.07, 6.45) is 0.491. The number of carbonyl (C=O) groups excluding carboxylic acids is 1. The van der Waals surface area contributed by atoms with Gasteiger partial charge in [-0.15, -0.1) is 0 Å². The molecule has 0 saturated carbocycles. The molecule has 1 amide bonds. The van der Waals surface area contributed by atoms with Crippen LogP contribution in [0.4, 0.5) is 0 Å². The van der Waals surface area contributed by atoms with E-state index < -0.39 is 11.4 Å². The van der Waals surface area contributed by atoms with Gasteiger partial charge in [-0.1, -0.05) is 18.2 Å². The molecule has 0 saturated heterocycles. The lowest BCUT2D eigenvalue weighted by atomic mass is 10.2. The molecule has 0 fully saturated rings. The molecule has 0 aliphatic heterocycles. The summed E-state index contributed by atoms with van der Waals surface area (Å²) in [5.74, 6) is -0.161. The summed E-state index contributed by atoms with van der Waals surface area (Å²) in [6.45, 7) is 0.545. The van der Waals surface area contributed by atoms with Gasteiger partial charge in [0.25, 0.3) is 5.91 Å². The van der Waals surface area contributed by atoms with E-state index in [0.717, 1.165) is 0 Å². The number of nitrogens with one attached hydrogen (secondary N) is 1. The molecule has 1 atom stereocenters. The van der Waals surface area contributed by atoms with Gasteiger partial charge in [-0.05, 0) is 18.6 Å². The highest BCUT2D eigenvalue weighted by Gasteiger charge is 2.02. The highest BCUT2D eigenvalue weighted by Crippen LogP contribution is 1.97. The van der Waals surface area contributed by atoms with Gasteiger partial charge in [-0.25, -0.2) is 0 Å². The van der Waals surface area contributed by atoms with Crippen LogP contribution in [0.2, 0.25) is 0 Å². The van der Waals surface area contributed by atoms with Gasteiger partial charge in [0.15, 0.2) is 0 Å². The highest BCUT2D eigenvalue weighted by molar-refractivity contribution is 7.74. The van der Waals surface area contributed by atoms with Gasteiger partial charge in [0.1, 0.15) is 0 Å². The van der Waals surface area contributed by atoms with Crippen molar-refractivity contribution < 1.29 is 17.7 Å². The topological polar surface area (TPSA) is 75.6 Å². The molecule has 0 aliphatic carbocycles. The molecule has 6 heteroatoms. The Labute approximate surface area is 96.3 Å². The minimum atomic E-state index is -2.23. The first-order chi connectivity index (χ1) is 7.70. The van der Waals surface area contributed by atoms with Crippen LogP contribution in [0.5, 0.6) is 0 Å². The Balaban J connectivity index is 2.19. The van der Waals surface area contributed by atoms with Crippen LogP contribution < -0.4 is 5.32 Å². The van der Waals surface area contributed by atoms with Gasteiger partial charge < -0.3 is 5.32 Å². The second-order valence-corrected chi connectivity index (χ2v) is 3.68. The Morgan fingerprint density at radius 2 is 2.06 bits per heavy atom. The number of rotatable bonds is 6. The molecule has 0 radical (unpaired) electrons. The predicted molar refractivity (Wildman–Crippen MR) is 60.1 cm³/mol. The summed E-state index contributed by atoms with van der Waals surface area (Å²) in [5, 5.41) is 2.67. The lowest BCUT2D eigenvalue weighted by molar-refractivity contribution is 0.0952. The fourth-order valence-electron chi connectivity index (χ4n) is 1.10. The molecule has 1 aromatic rings. The smallest absolute Gasteiger partial charge is 0.301 e. The molecule has 1 unspecified atom stereocenters. The van der Waals surface area contributed by atoms with Crippen LogP contribution in [-0.2, 0) is 15.5 Å². The summed E-state index contributed by atoms with van der Waals surface area (Å²) >= 11 is -2.23. The standard InChI is InChI=1S/C10H13NO4S/c12-10(9-5-2-1-3-6-9)11-7-4-8-15-16(13)14/h1-3,5-6H,4,7-8H2,(H,11,12)(H,13,14). The summed E-state index contributed by atoms with van der Waals surface area (Å²) < 4.78 is 22.8. The molecule has 2 N–H and O–H groups in total. The van der Waals surface area contributed by atoms with E-state index in [-0.39, 0.29) is 12.5 Å². The zero-order valence-electron chi connectivity index (χ0n) is 8.59. The van der Waals surface area contributed by atoms with Crippen molar-refractivity contribution in [2.45, 2.75) is 6.42 Å². The Morgan fingerprint density at radius 3 is 2.69 bits per heavy atom. The van der Waals surface area contributed by atoms with Crippen molar-refractivity contribution in [3.05, 3.63) is 35.9 Å². The number of benzene rings is 1. The van der Waals surface area contributed by atoms with Crippen LogP contribution >= 0.6 is 0 Å². The quantitative estimate of drug-likeness (QED) is 0.576. The van der Waals surface area contributed by atoms with Gasteiger partial charge in [0.2, 0.25) is 0 Å². The molecule has 1 rings (SSSR count). The zero-order chi connectivity index (χ0) is 11.8. The maximum absolute atomic E-state index is 11.5. The first-order valence-corrected chi connectivity index (χ1v) is 5.80. The van der Waals surface area contributed by atoms with Gasteiger partial charge >= 0.3 is 11.4 Å². The average molecular weight is 243 g/mol. The Bertz CT molecular complexity index is 355. The van der Waals surface area contributed by atoms with E-state index in [4.69, 9.17) is 4.55 Å². The molecular weight excluding hydrogens is 230 g/mol. The maximum Gasteiger partial charge on any atom is 0.301 e. The van der Waals surface area contributed by atoms with Crippen molar-refractivity contribution in [3.8, 4) is 0 Å². The Morgan fingerprint density at radius 1 is 1.38 bits per heavy atom. The summed E-state index contributed by atoms with van der Waals surface area (Å²) in [7, 11) is 0. The third-order valence-electron chi connectivity index (χ3n) is 1.83. The van der Waals surface area contributed by atoms with Crippen LogP contribution in [0.15, 0.2) is 30.3 Å². The predicted octanol–water partition coefficient (Wildman–Crippen LogP) is 0.960. The molecule has 0 heterocycles. The highest BCUT2D eigenvalue weighted by atomic mass is 32.2. The van der Waals surface area contributed by atoms with E-state index in [9.17, 15) is 9.00 Å². The number of hydrogen-bond acceptors (Lipinski definition) is 3. The van der Waals surface area contributed by atoms with Crippen molar-refractivity contribution in [2.24, 2.45) is 0 Å². The molecule has 0 spiro atoms. The first-order valence-electron chi connectivity index (χ1n) is 4.77. The normalized spacial score (nSPS) is 12.1. The van der Waals surface area contributed by atoms with Crippen molar-refractivity contribution in [1.29, 1.82) is 0 Å². The number of hydrogen-bond donors (Lipinski definition) is 2. The van der Waals surface area contributed by atoms with Gasteiger partial charge in [0.05, 0.1) is 6.61 Å². The van der Waals surface area contributed by atoms with Crippen molar-refractivity contribution >= 4 is 17.3 Å². The Kier molecular flexibility index (Phi) is 5.69. The van der Waals surface area contributed by atoms with E-state index in [1.165, 1.54) is 0 Å². The lowest BCUT2D eigenvalue weighted by Crippen LogP contribution is -2.25. The van der Waals surface area contributed by atoms with Crippen LogP contribution in [0, 0.1) is 0 Å². The van der Waals surface area contributed by atoms with Crippen LogP contribution in [0.1, 0.15) is 16.8 Å². The van der Waals surface area contributed by atoms with E-state index in [1.54, 1.807) is 24.3 Å². The summed E-state index contributed by atoms with van der Waals surface area (Å²) in [5.41, 5.74) is 0.592. The second-order valence-electron chi connectivity index (χ2n) is 3.01. The van der Waals surface area contributed by atoms with E-state index >= 15 is 0 Å². The number of amides is 1. The SMILES string of the molecule is O=C(NCCCOS(=O)O)c1ccccc1. The number of carbonyl (C=O) groups is 1. The molecule has 0 aliphatic rings. The largest absolute Gasteiger partial charge is 0.352 e. The first kappa shape index (κ1) is 12.8. The molecule has 5 nitrogen and oxygen atoms in total. The van der Waals surface area contributed by atoms with Crippen molar-refractivity contribution in [1.82, 2.24) is 5.32 Å². The molecular formula is C10H13NO4S. The molecule has 88 valence electrons. The third-order valence-corrected chi connectivity index (χ3v) is 2.20.